The second-order valence-electron chi connectivity index (χ2n) is 9.20. The number of hydrogen-bond acceptors (Lipinski definition) is 3. The Bertz CT molecular complexity index is 1200. The fourth-order valence-corrected chi connectivity index (χ4v) is 5.34. The molecule has 1 aliphatic carbocycles. The van der Waals surface area contributed by atoms with E-state index >= 15 is 0 Å². The van der Waals surface area contributed by atoms with Crippen LogP contribution in [-0.2, 0) is 22.6 Å². The molecule has 1 saturated carbocycles. The van der Waals surface area contributed by atoms with Gasteiger partial charge < -0.3 is 15.0 Å². The first kappa shape index (κ1) is 27.7. The van der Waals surface area contributed by atoms with Crippen molar-refractivity contribution in [3.63, 3.8) is 0 Å². The van der Waals surface area contributed by atoms with Crippen LogP contribution in [0.2, 0.25) is 10.0 Å². The van der Waals surface area contributed by atoms with Crippen LogP contribution in [0.5, 0.6) is 5.75 Å². The summed E-state index contributed by atoms with van der Waals surface area (Å²) in [5, 5.41) is 4.15. The topological polar surface area (TPSA) is 58.6 Å². The van der Waals surface area contributed by atoms with Gasteiger partial charge in [-0.1, -0.05) is 72.4 Å². The van der Waals surface area contributed by atoms with E-state index in [9.17, 15) is 9.59 Å². The molecule has 0 heterocycles. The summed E-state index contributed by atoms with van der Waals surface area (Å²) in [5.41, 5.74) is 1.67. The average Bonchev–Trinajstić information content (AvgIpc) is 3.40. The highest BCUT2D eigenvalue weighted by atomic mass is 127. The molecule has 3 aromatic carbocycles. The van der Waals surface area contributed by atoms with Crippen molar-refractivity contribution >= 4 is 57.6 Å². The summed E-state index contributed by atoms with van der Waals surface area (Å²) in [4.78, 5) is 29.0. The number of carbonyl (C=O) groups excluding carboxylic acids is 2. The summed E-state index contributed by atoms with van der Waals surface area (Å²) >= 11 is 14.8. The minimum atomic E-state index is -0.734. The standard InChI is InChI=1S/C29H29Cl2IN2O3/c30-22-11-10-21(26(31)17-22)18-34(28(35)19-37-25-14-12-23(32)13-15-25)27(16-20-6-2-1-3-7-20)29(36)33-24-8-4-5-9-24/h1-3,6-7,10-15,17,24,27H,4-5,8-9,16,18-19H2,(H,33,36)/t27-/m1/s1. The van der Waals surface area contributed by atoms with Gasteiger partial charge in [0.2, 0.25) is 5.91 Å². The van der Waals surface area contributed by atoms with E-state index in [1.807, 2.05) is 54.6 Å². The Morgan fingerprint density at radius 1 is 1.00 bits per heavy atom. The van der Waals surface area contributed by atoms with E-state index < -0.39 is 6.04 Å². The molecule has 0 aliphatic heterocycles. The third-order valence-electron chi connectivity index (χ3n) is 6.50. The first-order valence-corrected chi connectivity index (χ1v) is 14.2. The zero-order valence-electron chi connectivity index (χ0n) is 20.3. The minimum absolute atomic E-state index is 0.130. The quantitative estimate of drug-likeness (QED) is 0.249. The van der Waals surface area contributed by atoms with E-state index in [1.165, 1.54) is 0 Å². The van der Waals surface area contributed by atoms with Crippen LogP contribution in [0.15, 0.2) is 72.8 Å². The van der Waals surface area contributed by atoms with E-state index in [-0.39, 0.29) is 31.0 Å². The maximum Gasteiger partial charge on any atom is 0.261 e. The van der Waals surface area contributed by atoms with E-state index in [0.717, 1.165) is 34.8 Å². The van der Waals surface area contributed by atoms with Gasteiger partial charge >= 0.3 is 0 Å². The summed E-state index contributed by atoms with van der Waals surface area (Å²) in [6, 6.07) is 21.8. The summed E-state index contributed by atoms with van der Waals surface area (Å²) in [6.45, 7) is -0.0474. The van der Waals surface area contributed by atoms with Crippen molar-refractivity contribution in [3.05, 3.63) is 97.5 Å². The number of halogens is 3. The first-order valence-electron chi connectivity index (χ1n) is 12.3. The molecule has 2 amide bonds. The third-order valence-corrected chi connectivity index (χ3v) is 7.81. The SMILES string of the molecule is O=C(NC1CCCC1)[C@@H](Cc1ccccc1)N(Cc1ccc(Cl)cc1Cl)C(=O)COc1ccc(I)cc1. The zero-order chi connectivity index (χ0) is 26.2. The Morgan fingerprint density at radius 2 is 1.70 bits per heavy atom. The van der Waals surface area contributed by atoms with Crippen molar-refractivity contribution in [2.75, 3.05) is 6.61 Å². The number of carbonyl (C=O) groups is 2. The van der Waals surface area contributed by atoms with Gasteiger partial charge in [-0.05, 0) is 83.0 Å². The number of nitrogens with zero attached hydrogens (tertiary/aromatic N) is 1. The van der Waals surface area contributed by atoms with Crippen LogP contribution in [0.1, 0.15) is 36.8 Å². The first-order chi connectivity index (χ1) is 17.9. The molecule has 0 saturated heterocycles. The molecule has 1 atom stereocenters. The molecule has 194 valence electrons. The lowest BCUT2D eigenvalue weighted by molar-refractivity contribution is -0.143. The normalized spacial score (nSPS) is 14.2. The van der Waals surface area contributed by atoms with Gasteiger partial charge in [0, 0.05) is 32.6 Å². The molecule has 0 unspecified atom stereocenters. The average molecular weight is 651 g/mol. The summed E-state index contributed by atoms with van der Waals surface area (Å²) in [5.74, 6) is 0.129. The van der Waals surface area contributed by atoms with Gasteiger partial charge in [0.1, 0.15) is 11.8 Å². The number of amides is 2. The Kier molecular flexibility index (Phi) is 10.1. The summed E-state index contributed by atoms with van der Waals surface area (Å²) in [7, 11) is 0. The van der Waals surface area contributed by atoms with E-state index in [1.54, 1.807) is 23.1 Å². The molecular formula is C29H29Cl2IN2O3. The van der Waals surface area contributed by atoms with Crippen LogP contribution >= 0.6 is 45.8 Å². The van der Waals surface area contributed by atoms with Crippen LogP contribution in [0, 0.1) is 3.57 Å². The zero-order valence-corrected chi connectivity index (χ0v) is 24.0. The highest BCUT2D eigenvalue weighted by Crippen LogP contribution is 2.25. The molecule has 4 rings (SSSR count). The molecule has 0 aromatic heterocycles. The van der Waals surface area contributed by atoms with Crippen LogP contribution in [0.4, 0.5) is 0 Å². The van der Waals surface area contributed by atoms with Crippen molar-refractivity contribution in [2.45, 2.75) is 50.7 Å². The Morgan fingerprint density at radius 3 is 2.38 bits per heavy atom. The Labute approximate surface area is 241 Å². The summed E-state index contributed by atoms with van der Waals surface area (Å²) < 4.78 is 6.90. The van der Waals surface area contributed by atoms with E-state index in [0.29, 0.717) is 27.8 Å². The van der Waals surface area contributed by atoms with E-state index in [2.05, 4.69) is 27.9 Å². The lowest BCUT2D eigenvalue weighted by Gasteiger charge is -2.32. The number of nitrogens with one attached hydrogen (secondary N) is 1. The number of hydrogen-bond donors (Lipinski definition) is 1. The van der Waals surface area contributed by atoms with Crippen molar-refractivity contribution in [1.29, 1.82) is 0 Å². The molecule has 0 bridgehead atoms. The predicted octanol–water partition coefficient (Wildman–Crippen LogP) is 6.68. The van der Waals surface area contributed by atoms with Crippen molar-refractivity contribution in [1.82, 2.24) is 10.2 Å². The van der Waals surface area contributed by atoms with Crippen LogP contribution in [0.25, 0.3) is 0 Å². The molecule has 3 aromatic rings. The van der Waals surface area contributed by atoms with Gasteiger partial charge in [0.25, 0.3) is 5.91 Å². The maximum atomic E-state index is 13.7. The minimum Gasteiger partial charge on any atom is -0.484 e. The smallest absolute Gasteiger partial charge is 0.261 e. The second-order valence-corrected chi connectivity index (χ2v) is 11.3. The van der Waals surface area contributed by atoms with Gasteiger partial charge in [-0.15, -0.1) is 0 Å². The fourth-order valence-electron chi connectivity index (χ4n) is 4.51. The molecule has 1 N–H and O–H groups in total. The van der Waals surface area contributed by atoms with Crippen LogP contribution < -0.4 is 10.1 Å². The number of rotatable bonds is 10. The van der Waals surface area contributed by atoms with E-state index in [4.69, 9.17) is 27.9 Å². The molecule has 8 heteroatoms. The van der Waals surface area contributed by atoms with Crippen molar-refractivity contribution in [2.24, 2.45) is 0 Å². The van der Waals surface area contributed by atoms with Crippen molar-refractivity contribution < 1.29 is 14.3 Å². The molecule has 0 radical (unpaired) electrons. The molecular weight excluding hydrogens is 622 g/mol. The molecule has 1 aliphatic rings. The molecule has 1 fully saturated rings. The fraction of sp³-hybridized carbons (Fsp3) is 0.310. The van der Waals surface area contributed by atoms with Gasteiger partial charge in [0.15, 0.2) is 6.61 Å². The van der Waals surface area contributed by atoms with Crippen LogP contribution in [-0.4, -0.2) is 35.4 Å². The van der Waals surface area contributed by atoms with Gasteiger partial charge in [-0.25, -0.2) is 0 Å². The van der Waals surface area contributed by atoms with Crippen molar-refractivity contribution in [3.8, 4) is 5.75 Å². The summed E-state index contributed by atoms with van der Waals surface area (Å²) in [6.07, 6.45) is 4.48. The third kappa shape index (κ3) is 8.09. The lowest BCUT2D eigenvalue weighted by atomic mass is 10.0. The molecule has 37 heavy (non-hydrogen) atoms. The lowest BCUT2D eigenvalue weighted by Crippen LogP contribution is -2.53. The largest absolute Gasteiger partial charge is 0.484 e. The number of ether oxygens (including phenoxy) is 1. The highest BCUT2D eigenvalue weighted by molar-refractivity contribution is 14.1. The second kappa shape index (κ2) is 13.5. The molecule has 5 nitrogen and oxygen atoms in total. The highest BCUT2D eigenvalue weighted by Gasteiger charge is 2.32. The van der Waals surface area contributed by atoms with Crippen LogP contribution in [0.3, 0.4) is 0 Å². The molecule has 0 spiro atoms. The maximum absolute atomic E-state index is 13.7. The van der Waals surface area contributed by atoms with Gasteiger partial charge in [-0.2, -0.15) is 0 Å². The Balaban J connectivity index is 1.63. The van der Waals surface area contributed by atoms with Gasteiger partial charge in [-0.3, -0.25) is 9.59 Å². The number of benzene rings is 3. The van der Waals surface area contributed by atoms with Gasteiger partial charge in [0.05, 0.1) is 0 Å². The Hall–Kier alpha value is -2.29. The monoisotopic (exact) mass is 650 g/mol. The predicted molar refractivity (Wildman–Crippen MR) is 156 cm³/mol.